The number of nitrogens with one attached hydrogen (secondary N) is 1. The predicted octanol–water partition coefficient (Wildman–Crippen LogP) is 4.71. The van der Waals surface area contributed by atoms with Gasteiger partial charge in [0.05, 0.1) is 10.0 Å². The number of halogens is 2. The molecule has 30 heavy (non-hydrogen) atoms. The summed E-state index contributed by atoms with van der Waals surface area (Å²) in [5, 5.41) is 4.33. The van der Waals surface area contributed by atoms with Gasteiger partial charge < -0.3 is 14.8 Å². The van der Waals surface area contributed by atoms with Crippen LogP contribution in [0.1, 0.15) is 38.8 Å². The Morgan fingerprint density at radius 2 is 1.93 bits per heavy atom. The minimum absolute atomic E-state index is 0.116. The van der Waals surface area contributed by atoms with E-state index in [9.17, 15) is 9.59 Å². The first-order chi connectivity index (χ1) is 14.3. The van der Waals surface area contributed by atoms with Crippen LogP contribution in [0.4, 0.5) is 0 Å². The Kier molecular flexibility index (Phi) is 7.42. The summed E-state index contributed by atoms with van der Waals surface area (Å²) in [6.07, 6.45) is 3.21. The highest BCUT2D eigenvalue weighted by molar-refractivity contribution is 6.39. The molecule has 1 N–H and O–H groups in total. The van der Waals surface area contributed by atoms with Crippen LogP contribution in [-0.4, -0.2) is 36.1 Å². The van der Waals surface area contributed by atoms with Crippen LogP contribution in [0.3, 0.4) is 0 Å². The number of esters is 1. The fourth-order valence-electron chi connectivity index (χ4n) is 3.78. The molecule has 1 aromatic carbocycles. The lowest BCUT2D eigenvalue weighted by Crippen LogP contribution is -2.45. The Hall–Kier alpha value is -2.05. The van der Waals surface area contributed by atoms with Crippen LogP contribution in [-0.2, 0) is 14.3 Å². The zero-order chi connectivity index (χ0) is 21.8. The number of carbonyl (C=O) groups is 2. The smallest absolute Gasteiger partial charge is 0.344 e. The minimum atomic E-state index is -0.665. The van der Waals surface area contributed by atoms with Gasteiger partial charge in [0, 0.05) is 17.1 Å². The molecule has 2 aromatic rings. The zero-order valence-corrected chi connectivity index (χ0v) is 18.8. The van der Waals surface area contributed by atoms with Crippen molar-refractivity contribution in [3.63, 3.8) is 0 Å². The molecular formula is C22H26Cl2N2O4. The van der Waals surface area contributed by atoms with E-state index >= 15 is 0 Å². The van der Waals surface area contributed by atoms with Crippen molar-refractivity contribution in [3.05, 3.63) is 33.9 Å². The van der Waals surface area contributed by atoms with Crippen molar-refractivity contribution in [1.82, 2.24) is 10.3 Å². The molecule has 3 rings (SSSR count). The molecule has 0 saturated heterocycles. The van der Waals surface area contributed by atoms with E-state index in [-0.39, 0.29) is 29.3 Å². The van der Waals surface area contributed by atoms with Crippen LogP contribution in [0.5, 0.6) is 5.75 Å². The third-order valence-electron chi connectivity index (χ3n) is 5.73. The van der Waals surface area contributed by atoms with Gasteiger partial charge in [0.2, 0.25) is 0 Å². The number of ether oxygens (including phenoxy) is 2. The quantitative estimate of drug-likeness (QED) is 0.641. The maximum Gasteiger partial charge on any atom is 0.344 e. The average Bonchev–Trinajstić information content (AvgIpc) is 2.69. The number of amides is 1. The average molecular weight is 453 g/mol. The van der Waals surface area contributed by atoms with Crippen LogP contribution in [0, 0.1) is 18.8 Å². The maximum atomic E-state index is 12.2. The van der Waals surface area contributed by atoms with Gasteiger partial charge in [-0.25, -0.2) is 9.78 Å². The number of aryl methyl sites for hydroxylation is 1. The van der Waals surface area contributed by atoms with E-state index in [1.54, 1.807) is 6.07 Å². The van der Waals surface area contributed by atoms with Crippen LogP contribution >= 0.6 is 23.2 Å². The molecule has 0 bridgehead atoms. The zero-order valence-electron chi connectivity index (χ0n) is 17.3. The molecule has 1 fully saturated rings. The van der Waals surface area contributed by atoms with E-state index in [0.717, 1.165) is 18.5 Å². The molecule has 1 saturated carbocycles. The number of aromatic nitrogens is 1. The van der Waals surface area contributed by atoms with Gasteiger partial charge in [-0.05, 0) is 43.4 Å². The van der Waals surface area contributed by atoms with Gasteiger partial charge in [0.1, 0.15) is 5.52 Å². The van der Waals surface area contributed by atoms with Crippen molar-refractivity contribution in [2.24, 2.45) is 11.8 Å². The monoisotopic (exact) mass is 452 g/mol. The van der Waals surface area contributed by atoms with Gasteiger partial charge in [-0.1, -0.05) is 49.9 Å². The Bertz CT molecular complexity index is 950. The molecule has 8 heteroatoms. The van der Waals surface area contributed by atoms with E-state index in [0.29, 0.717) is 27.8 Å². The normalized spacial score (nSPS) is 21.3. The SMILES string of the molecule is Cc1ccc2c(Cl)cc(Cl)c(OCC(=O)OCC(=O)N[C@H]3CCC[C@H](C)[C@@H]3C)c2n1. The molecule has 0 spiro atoms. The first kappa shape index (κ1) is 22.6. The third kappa shape index (κ3) is 5.35. The molecule has 1 aliphatic rings. The molecule has 1 aliphatic carbocycles. The van der Waals surface area contributed by atoms with E-state index in [4.69, 9.17) is 32.7 Å². The maximum absolute atomic E-state index is 12.2. The van der Waals surface area contributed by atoms with Gasteiger partial charge in [0.15, 0.2) is 19.0 Å². The number of fused-ring (bicyclic) bond motifs is 1. The van der Waals surface area contributed by atoms with E-state index < -0.39 is 12.6 Å². The highest BCUT2D eigenvalue weighted by Crippen LogP contribution is 2.37. The second-order valence-electron chi connectivity index (χ2n) is 7.91. The summed E-state index contributed by atoms with van der Waals surface area (Å²) < 4.78 is 10.6. The van der Waals surface area contributed by atoms with Gasteiger partial charge >= 0.3 is 5.97 Å². The van der Waals surface area contributed by atoms with Gasteiger partial charge in [0.25, 0.3) is 5.91 Å². The van der Waals surface area contributed by atoms with Crippen molar-refractivity contribution in [2.75, 3.05) is 13.2 Å². The number of pyridine rings is 1. The first-order valence-corrected chi connectivity index (χ1v) is 10.8. The van der Waals surface area contributed by atoms with Crippen molar-refractivity contribution in [2.45, 2.75) is 46.1 Å². The highest BCUT2D eigenvalue weighted by Gasteiger charge is 2.28. The third-order valence-corrected chi connectivity index (χ3v) is 6.32. The molecule has 0 radical (unpaired) electrons. The summed E-state index contributed by atoms with van der Waals surface area (Å²) in [4.78, 5) is 28.7. The Balaban J connectivity index is 1.55. The fraction of sp³-hybridized carbons (Fsp3) is 0.500. The van der Waals surface area contributed by atoms with E-state index in [1.165, 1.54) is 6.42 Å². The summed E-state index contributed by atoms with van der Waals surface area (Å²) in [7, 11) is 0. The van der Waals surface area contributed by atoms with E-state index in [1.807, 2.05) is 19.1 Å². The molecule has 1 amide bonds. The minimum Gasteiger partial charge on any atom is -0.478 e. The van der Waals surface area contributed by atoms with Gasteiger partial charge in [-0.2, -0.15) is 0 Å². The molecule has 1 heterocycles. The largest absolute Gasteiger partial charge is 0.478 e. The second kappa shape index (κ2) is 9.84. The van der Waals surface area contributed by atoms with Crippen molar-refractivity contribution >= 4 is 46.0 Å². The van der Waals surface area contributed by atoms with Crippen LogP contribution in [0.15, 0.2) is 18.2 Å². The van der Waals surface area contributed by atoms with Crippen molar-refractivity contribution < 1.29 is 19.1 Å². The lowest BCUT2D eigenvalue weighted by atomic mass is 9.78. The fourth-order valence-corrected chi connectivity index (χ4v) is 4.35. The van der Waals surface area contributed by atoms with Crippen LogP contribution in [0.2, 0.25) is 10.0 Å². The Morgan fingerprint density at radius 3 is 2.70 bits per heavy atom. The lowest BCUT2D eigenvalue weighted by molar-refractivity contribution is -0.150. The number of rotatable bonds is 6. The summed E-state index contributed by atoms with van der Waals surface area (Å²) in [6, 6.07) is 5.30. The molecule has 0 aliphatic heterocycles. The number of carbonyl (C=O) groups excluding carboxylic acids is 2. The number of benzene rings is 1. The summed E-state index contributed by atoms with van der Waals surface area (Å²) in [5.41, 5.74) is 1.23. The van der Waals surface area contributed by atoms with Gasteiger partial charge in [-0.15, -0.1) is 0 Å². The molecule has 6 nitrogen and oxygen atoms in total. The molecule has 0 unspecified atom stereocenters. The molecule has 162 valence electrons. The predicted molar refractivity (Wildman–Crippen MR) is 117 cm³/mol. The topological polar surface area (TPSA) is 77.5 Å². The number of nitrogens with zero attached hydrogens (tertiary/aromatic N) is 1. The van der Waals surface area contributed by atoms with Crippen LogP contribution in [0.25, 0.3) is 10.9 Å². The summed E-state index contributed by atoms with van der Waals surface area (Å²) >= 11 is 12.5. The van der Waals surface area contributed by atoms with Crippen molar-refractivity contribution in [3.8, 4) is 5.75 Å². The highest BCUT2D eigenvalue weighted by atomic mass is 35.5. The summed E-state index contributed by atoms with van der Waals surface area (Å²) in [5.74, 6) is 0.254. The molecule has 1 aromatic heterocycles. The van der Waals surface area contributed by atoms with Gasteiger partial charge in [-0.3, -0.25) is 4.79 Å². The molecule has 3 atom stereocenters. The standard InChI is InChI=1S/C22H26Cl2N2O4/c1-12-5-4-6-18(14(12)3)26-19(27)10-29-20(28)11-30-22-17(24)9-16(23)15-8-7-13(2)25-21(15)22/h7-9,12,14,18H,4-6,10-11H2,1-3H3,(H,26,27)/t12-,14-,18-/m0/s1. The van der Waals surface area contributed by atoms with Crippen LogP contribution < -0.4 is 10.1 Å². The van der Waals surface area contributed by atoms with E-state index in [2.05, 4.69) is 24.1 Å². The second-order valence-corrected chi connectivity index (χ2v) is 8.72. The number of hydrogen-bond acceptors (Lipinski definition) is 5. The lowest BCUT2D eigenvalue weighted by Gasteiger charge is -2.34. The Morgan fingerprint density at radius 1 is 1.17 bits per heavy atom. The summed E-state index contributed by atoms with van der Waals surface area (Å²) in [6.45, 7) is 5.44. The molecular weight excluding hydrogens is 427 g/mol. The number of hydrogen-bond donors (Lipinski definition) is 1. The first-order valence-electron chi connectivity index (χ1n) is 10.1. The van der Waals surface area contributed by atoms with Crippen molar-refractivity contribution in [1.29, 1.82) is 0 Å². The Labute approximate surface area is 186 Å².